The van der Waals surface area contributed by atoms with Crippen molar-refractivity contribution < 1.29 is 10.2 Å². The Balaban J connectivity index is 2.65. The van der Waals surface area contributed by atoms with Gasteiger partial charge < -0.3 is 10.2 Å². The summed E-state index contributed by atoms with van der Waals surface area (Å²) in [5, 5.41) is 17.7. The molecular weight excluding hydrogens is 128 g/mol. The van der Waals surface area contributed by atoms with Crippen LogP contribution in [-0.4, -0.2) is 23.4 Å². The molecule has 0 aliphatic heterocycles. The van der Waals surface area contributed by atoms with E-state index in [4.69, 9.17) is 10.2 Å². The largest absolute Gasteiger partial charge is 0.396 e. The maximum Gasteiger partial charge on any atom is 0.0503 e. The molecule has 0 spiro atoms. The normalized spacial score (nSPS) is 32.4. The van der Waals surface area contributed by atoms with E-state index < -0.39 is 0 Å². The van der Waals surface area contributed by atoms with E-state index in [2.05, 4.69) is 0 Å². The monoisotopic (exact) mass is 142 g/mol. The fourth-order valence-corrected chi connectivity index (χ4v) is 1.62. The molecule has 0 saturated carbocycles. The Morgan fingerprint density at radius 3 is 1.50 bits per heavy atom. The summed E-state index contributed by atoms with van der Waals surface area (Å²) in [6.07, 6.45) is 0. The third kappa shape index (κ3) is 0.879. The minimum Gasteiger partial charge on any atom is -0.396 e. The average molecular weight is 142 g/mol. The van der Waals surface area contributed by atoms with Gasteiger partial charge in [0.05, 0.1) is 13.2 Å². The topological polar surface area (TPSA) is 40.5 Å². The van der Waals surface area contributed by atoms with Crippen molar-refractivity contribution >= 4 is 0 Å². The van der Waals surface area contributed by atoms with Crippen LogP contribution in [0.4, 0.5) is 0 Å². The van der Waals surface area contributed by atoms with Gasteiger partial charge in [-0.05, 0) is 13.8 Å². The van der Waals surface area contributed by atoms with Crippen LogP contribution < -0.4 is 0 Å². The Morgan fingerprint density at radius 2 is 1.30 bits per heavy atom. The van der Waals surface area contributed by atoms with Crippen LogP contribution in [0.5, 0.6) is 0 Å². The molecular formula is C8H14O2. The molecule has 0 bridgehead atoms. The maximum atomic E-state index is 8.83. The molecule has 2 heteroatoms. The summed E-state index contributed by atoms with van der Waals surface area (Å²) in [5.41, 5.74) is 2.50. The Labute approximate surface area is 61.2 Å². The number of hydrogen-bond acceptors (Lipinski definition) is 2. The molecule has 2 nitrogen and oxygen atoms in total. The first-order chi connectivity index (χ1) is 4.72. The van der Waals surface area contributed by atoms with Gasteiger partial charge in [-0.2, -0.15) is 0 Å². The van der Waals surface area contributed by atoms with Crippen molar-refractivity contribution in [3.8, 4) is 0 Å². The highest BCUT2D eigenvalue weighted by Crippen LogP contribution is 2.39. The van der Waals surface area contributed by atoms with Gasteiger partial charge in [0.25, 0.3) is 0 Å². The number of aliphatic hydroxyl groups excluding tert-OH is 2. The van der Waals surface area contributed by atoms with E-state index in [0.29, 0.717) is 0 Å². The lowest BCUT2D eigenvalue weighted by molar-refractivity contribution is 0.135. The zero-order valence-electron chi connectivity index (χ0n) is 6.46. The Hall–Kier alpha value is -0.340. The van der Waals surface area contributed by atoms with Crippen LogP contribution in [0.3, 0.4) is 0 Å². The molecule has 0 heterocycles. The van der Waals surface area contributed by atoms with Gasteiger partial charge in [0, 0.05) is 11.8 Å². The molecule has 0 saturated heterocycles. The molecule has 1 rings (SSSR count). The van der Waals surface area contributed by atoms with Gasteiger partial charge in [-0.15, -0.1) is 0 Å². The maximum absolute atomic E-state index is 8.83. The summed E-state index contributed by atoms with van der Waals surface area (Å²) >= 11 is 0. The fraction of sp³-hybridized carbons (Fsp3) is 0.750. The van der Waals surface area contributed by atoms with Crippen molar-refractivity contribution in [1.29, 1.82) is 0 Å². The fourth-order valence-electron chi connectivity index (χ4n) is 1.62. The van der Waals surface area contributed by atoms with Crippen LogP contribution in [0, 0.1) is 11.8 Å². The highest BCUT2D eigenvalue weighted by molar-refractivity contribution is 5.29. The van der Waals surface area contributed by atoms with Gasteiger partial charge in [0.1, 0.15) is 0 Å². The van der Waals surface area contributed by atoms with Gasteiger partial charge in [0.15, 0.2) is 0 Å². The van der Waals surface area contributed by atoms with Crippen molar-refractivity contribution in [3.63, 3.8) is 0 Å². The number of aliphatic hydroxyl groups is 2. The van der Waals surface area contributed by atoms with Crippen molar-refractivity contribution in [2.24, 2.45) is 11.8 Å². The first-order valence-electron chi connectivity index (χ1n) is 3.61. The lowest BCUT2D eigenvalue weighted by atomic mass is 9.70. The summed E-state index contributed by atoms with van der Waals surface area (Å²) in [4.78, 5) is 0. The third-order valence-electron chi connectivity index (χ3n) is 2.61. The molecule has 0 aromatic heterocycles. The Kier molecular flexibility index (Phi) is 2.11. The first kappa shape index (κ1) is 7.76. The molecule has 2 unspecified atom stereocenters. The number of hydrogen-bond donors (Lipinski definition) is 2. The van der Waals surface area contributed by atoms with E-state index in [1.807, 2.05) is 13.8 Å². The van der Waals surface area contributed by atoms with Crippen molar-refractivity contribution in [2.75, 3.05) is 13.2 Å². The molecule has 1 aliphatic rings. The molecule has 10 heavy (non-hydrogen) atoms. The average Bonchev–Trinajstić information content (AvgIpc) is 1.97. The Morgan fingerprint density at radius 1 is 1.00 bits per heavy atom. The summed E-state index contributed by atoms with van der Waals surface area (Å²) in [6.45, 7) is 4.38. The smallest absolute Gasteiger partial charge is 0.0503 e. The highest BCUT2D eigenvalue weighted by Gasteiger charge is 2.33. The van der Waals surface area contributed by atoms with E-state index in [1.165, 1.54) is 11.1 Å². The van der Waals surface area contributed by atoms with Gasteiger partial charge >= 0.3 is 0 Å². The van der Waals surface area contributed by atoms with Gasteiger partial charge in [0.2, 0.25) is 0 Å². The molecule has 0 radical (unpaired) electrons. The van der Waals surface area contributed by atoms with Crippen molar-refractivity contribution in [1.82, 2.24) is 0 Å². The summed E-state index contributed by atoms with van der Waals surface area (Å²) in [7, 11) is 0. The van der Waals surface area contributed by atoms with Crippen LogP contribution in [-0.2, 0) is 0 Å². The quantitative estimate of drug-likeness (QED) is 0.553. The van der Waals surface area contributed by atoms with E-state index in [-0.39, 0.29) is 25.0 Å². The van der Waals surface area contributed by atoms with Gasteiger partial charge in [-0.25, -0.2) is 0 Å². The van der Waals surface area contributed by atoms with Crippen LogP contribution >= 0.6 is 0 Å². The zero-order valence-corrected chi connectivity index (χ0v) is 6.46. The van der Waals surface area contributed by atoms with Crippen LogP contribution in [0.25, 0.3) is 0 Å². The highest BCUT2D eigenvalue weighted by atomic mass is 16.3. The first-order valence-corrected chi connectivity index (χ1v) is 3.61. The summed E-state index contributed by atoms with van der Waals surface area (Å²) in [6, 6.07) is 0. The molecule has 2 N–H and O–H groups in total. The third-order valence-corrected chi connectivity index (χ3v) is 2.61. The molecule has 0 fully saturated rings. The SMILES string of the molecule is CC1=C(C)C(CO)C1CO. The van der Waals surface area contributed by atoms with E-state index >= 15 is 0 Å². The minimum absolute atomic E-state index is 0.175. The van der Waals surface area contributed by atoms with E-state index in [0.717, 1.165) is 0 Å². The van der Waals surface area contributed by atoms with Gasteiger partial charge in [-0.3, -0.25) is 0 Å². The van der Waals surface area contributed by atoms with Crippen molar-refractivity contribution in [3.05, 3.63) is 11.1 Å². The Bertz CT molecular complexity index is 143. The molecule has 58 valence electrons. The van der Waals surface area contributed by atoms with Crippen LogP contribution in [0.2, 0.25) is 0 Å². The second-order valence-corrected chi connectivity index (χ2v) is 2.94. The predicted molar refractivity (Wildman–Crippen MR) is 39.5 cm³/mol. The molecule has 0 amide bonds. The van der Waals surface area contributed by atoms with Crippen molar-refractivity contribution in [2.45, 2.75) is 13.8 Å². The van der Waals surface area contributed by atoms with Crippen LogP contribution in [0.1, 0.15) is 13.8 Å². The van der Waals surface area contributed by atoms with Crippen LogP contribution in [0.15, 0.2) is 11.1 Å². The predicted octanol–water partition coefficient (Wildman–Crippen LogP) is 0.553. The van der Waals surface area contributed by atoms with E-state index in [1.54, 1.807) is 0 Å². The lowest BCUT2D eigenvalue weighted by Crippen LogP contribution is -2.33. The second kappa shape index (κ2) is 2.72. The number of rotatable bonds is 2. The molecule has 0 aromatic rings. The standard InChI is InChI=1S/C8H14O2/c1-5-6(2)8(4-10)7(5)3-9/h7-10H,3-4H2,1-2H3. The summed E-state index contributed by atoms with van der Waals surface area (Å²) in [5.74, 6) is 0.454. The second-order valence-electron chi connectivity index (χ2n) is 2.94. The zero-order chi connectivity index (χ0) is 7.72. The molecule has 2 atom stereocenters. The summed E-state index contributed by atoms with van der Waals surface area (Å²) < 4.78 is 0. The van der Waals surface area contributed by atoms with E-state index in [9.17, 15) is 0 Å². The molecule has 1 aliphatic carbocycles. The van der Waals surface area contributed by atoms with Gasteiger partial charge in [-0.1, -0.05) is 11.1 Å². The lowest BCUT2D eigenvalue weighted by Gasteiger charge is -2.37. The minimum atomic E-state index is 0.175. The molecule has 0 aromatic carbocycles.